The number of azo groups is 1. The Balaban J connectivity index is 1.58. The molecule has 2 aromatic carbocycles. The van der Waals surface area contributed by atoms with Crippen LogP contribution < -0.4 is 10.0 Å². The highest BCUT2D eigenvalue weighted by molar-refractivity contribution is 7.92. The molecule has 0 fully saturated rings. The zero-order chi connectivity index (χ0) is 24.1. The summed E-state index contributed by atoms with van der Waals surface area (Å²) in [6.07, 6.45) is 1.51. The van der Waals surface area contributed by atoms with Crippen LogP contribution in [0.25, 0.3) is 0 Å². The maximum atomic E-state index is 12.6. The molecule has 172 valence electrons. The fourth-order valence-electron chi connectivity index (χ4n) is 3.12. The molecule has 0 aliphatic heterocycles. The summed E-state index contributed by atoms with van der Waals surface area (Å²) >= 11 is 1.32. The maximum absolute atomic E-state index is 12.6. The number of hydrogen-bond acceptors (Lipinski definition) is 8. The van der Waals surface area contributed by atoms with Gasteiger partial charge in [0.1, 0.15) is 16.5 Å². The minimum Gasteiger partial charge on any atom is -0.345 e. The molecule has 2 N–H and O–H groups in total. The summed E-state index contributed by atoms with van der Waals surface area (Å²) in [6, 6.07) is 20.6. The fourth-order valence-corrected chi connectivity index (χ4v) is 5.18. The molecule has 0 spiro atoms. The first-order valence-corrected chi connectivity index (χ1v) is 12.6. The van der Waals surface area contributed by atoms with E-state index in [1.165, 1.54) is 36.6 Å². The average molecular weight is 492 g/mol. The number of ketones is 1. The normalized spacial score (nSPS) is 11.5. The lowest BCUT2D eigenvalue weighted by Gasteiger charge is -2.07. The van der Waals surface area contributed by atoms with Gasteiger partial charge in [-0.3, -0.25) is 9.52 Å². The van der Waals surface area contributed by atoms with E-state index in [-0.39, 0.29) is 16.5 Å². The predicted octanol–water partition coefficient (Wildman–Crippen LogP) is 6.61. The SMILES string of the molecule is CC(=O)c1sc(Nc2ccccc2)c(N=Nc2ccc(S(=O)(=O)Nc3ccccn3)cc2)c1C. The lowest BCUT2D eigenvalue weighted by Crippen LogP contribution is -2.13. The van der Waals surface area contributed by atoms with Gasteiger partial charge in [0, 0.05) is 17.4 Å². The number of pyridine rings is 1. The van der Waals surface area contributed by atoms with Gasteiger partial charge in [-0.1, -0.05) is 24.3 Å². The van der Waals surface area contributed by atoms with Crippen LogP contribution in [0.2, 0.25) is 0 Å². The van der Waals surface area contributed by atoms with E-state index in [4.69, 9.17) is 0 Å². The number of aromatic nitrogens is 1. The van der Waals surface area contributed by atoms with Gasteiger partial charge in [-0.15, -0.1) is 16.5 Å². The van der Waals surface area contributed by atoms with Crippen LogP contribution in [0.1, 0.15) is 22.2 Å². The van der Waals surface area contributed by atoms with Crippen LogP contribution >= 0.6 is 11.3 Å². The van der Waals surface area contributed by atoms with Crippen LogP contribution in [0, 0.1) is 6.92 Å². The highest BCUT2D eigenvalue weighted by Crippen LogP contribution is 2.42. The molecule has 0 saturated heterocycles. The van der Waals surface area contributed by atoms with E-state index in [2.05, 4.69) is 25.3 Å². The van der Waals surface area contributed by atoms with Crippen molar-refractivity contribution in [3.05, 3.63) is 89.4 Å². The topological polar surface area (TPSA) is 113 Å². The Kier molecular flexibility index (Phi) is 6.80. The summed E-state index contributed by atoms with van der Waals surface area (Å²) in [5.74, 6) is 0.189. The van der Waals surface area contributed by atoms with Crippen LogP contribution in [-0.4, -0.2) is 19.2 Å². The van der Waals surface area contributed by atoms with Crippen molar-refractivity contribution in [3.63, 3.8) is 0 Å². The van der Waals surface area contributed by atoms with E-state index in [9.17, 15) is 13.2 Å². The van der Waals surface area contributed by atoms with E-state index >= 15 is 0 Å². The summed E-state index contributed by atoms with van der Waals surface area (Å²) in [4.78, 5) is 16.7. The molecule has 0 bridgehead atoms. The van der Waals surface area contributed by atoms with Crippen molar-refractivity contribution in [1.29, 1.82) is 0 Å². The summed E-state index contributed by atoms with van der Waals surface area (Å²) in [6.45, 7) is 3.35. The summed E-state index contributed by atoms with van der Waals surface area (Å²) in [7, 11) is -3.78. The van der Waals surface area contributed by atoms with Crippen molar-refractivity contribution in [2.24, 2.45) is 10.2 Å². The number of benzene rings is 2. The predicted molar refractivity (Wildman–Crippen MR) is 134 cm³/mol. The number of sulfonamides is 1. The Morgan fingerprint density at radius 1 is 0.941 bits per heavy atom. The molecule has 10 heteroatoms. The van der Waals surface area contributed by atoms with E-state index in [1.807, 2.05) is 37.3 Å². The minimum atomic E-state index is -3.78. The van der Waals surface area contributed by atoms with Gasteiger partial charge in [0.25, 0.3) is 10.0 Å². The van der Waals surface area contributed by atoms with Gasteiger partial charge in [0.05, 0.1) is 15.5 Å². The van der Waals surface area contributed by atoms with Crippen molar-refractivity contribution < 1.29 is 13.2 Å². The summed E-state index contributed by atoms with van der Waals surface area (Å²) < 4.78 is 27.6. The van der Waals surface area contributed by atoms with Gasteiger partial charge in [-0.2, -0.15) is 5.11 Å². The smallest absolute Gasteiger partial charge is 0.263 e. The highest BCUT2D eigenvalue weighted by atomic mass is 32.2. The van der Waals surface area contributed by atoms with E-state index in [0.29, 0.717) is 21.3 Å². The van der Waals surface area contributed by atoms with Crippen molar-refractivity contribution in [3.8, 4) is 0 Å². The number of para-hydroxylation sites is 1. The lowest BCUT2D eigenvalue weighted by molar-refractivity contribution is 0.102. The second kappa shape index (κ2) is 9.94. The largest absolute Gasteiger partial charge is 0.345 e. The number of nitrogens with one attached hydrogen (secondary N) is 2. The maximum Gasteiger partial charge on any atom is 0.263 e. The number of thiophene rings is 1. The molecule has 4 aromatic rings. The molecule has 0 aliphatic rings. The van der Waals surface area contributed by atoms with E-state index < -0.39 is 10.0 Å². The van der Waals surface area contributed by atoms with Crippen molar-refractivity contribution in [1.82, 2.24) is 4.98 Å². The van der Waals surface area contributed by atoms with Crippen LogP contribution in [0.4, 0.5) is 27.9 Å². The second-order valence-electron chi connectivity index (χ2n) is 7.30. The molecular formula is C24H21N5O3S2. The molecule has 34 heavy (non-hydrogen) atoms. The zero-order valence-corrected chi connectivity index (χ0v) is 20.0. The Morgan fingerprint density at radius 3 is 2.29 bits per heavy atom. The van der Waals surface area contributed by atoms with Crippen LogP contribution in [-0.2, 0) is 10.0 Å². The minimum absolute atomic E-state index is 0.0463. The van der Waals surface area contributed by atoms with Gasteiger partial charge in [-0.25, -0.2) is 13.4 Å². The number of Topliss-reactive ketones (excluding diaryl/α,β-unsaturated/α-hetero) is 1. The fraction of sp³-hybridized carbons (Fsp3) is 0.0833. The number of anilines is 3. The lowest BCUT2D eigenvalue weighted by atomic mass is 10.2. The number of carbonyl (C=O) groups is 1. The van der Waals surface area contributed by atoms with Crippen LogP contribution in [0.5, 0.6) is 0 Å². The van der Waals surface area contributed by atoms with Gasteiger partial charge in [0.15, 0.2) is 5.78 Å². The standard InChI is InChI=1S/C24H21N5O3S2/c1-16-22(24(33-23(16)17(2)30)26-18-8-4-3-5-9-18)28-27-19-11-13-20(14-12-19)34(31,32)29-21-10-6-7-15-25-21/h3-15,26H,1-2H3,(H,25,29). The summed E-state index contributed by atoms with van der Waals surface area (Å²) in [5.41, 5.74) is 2.63. The molecule has 0 radical (unpaired) electrons. The third kappa shape index (κ3) is 5.36. The molecule has 0 amide bonds. The van der Waals surface area contributed by atoms with Crippen LogP contribution in [0.3, 0.4) is 0 Å². The zero-order valence-electron chi connectivity index (χ0n) is 18.4. The average Bonchev–Trinajstić information content (AvgIpc) is 3.14. The molecule has 2 heterocycles. The molecular weight excluding hydrogens is 470 g/mol. The molecule has 0 unspecified atom stereocenters. The number of hydrogen-bond donors (Lipinski definition) is 2. The van der Waals surface area contributed by atoms with Crippen molar-refractivity contribution >= 4 is 55.0 Å². The Labute approximate surface area is 201 Å². The third-order valence-electron chi connectivity index (χ3n) is 4.78. The first kappa shape index (κ1) is 23.3. The van der Waals surface area contributed by atoms with Crippen LogP contribution in [0.15, 0.2) is 94.1 Å². The first-order chi connectivity index (χ1) is 16.3. The molecule has 8 nitrogen and oxygen atoms in total. The molecule has 0 atom stereocenters. The monoisotopic (exact) mass is 491 g/mol. The van der Waals surface area contributed by atoms with Gasteiger partial charge in [-0.05, 0) is 62.4 Å². The van der Waals surface area contributed by atoms with E-state index in [1.54, 1.807) is 30.3 Å². The quantitative estimate of drug-likeness (QED) is 0.213. The molecule has 0 aliphatic carbocycles. The number of rotatable bonds is 8. The first-order valence-electron chi connectivity index (χ1n) is 10.3. The van der Waals surface area contributed by atoms with Crippen molar-refractivity contribution in [2.75, 3.05) is 10.0 Å². The van der Waals surface area contributed by atoms with Gasteiger partial charge in [0.2, 0.25) is 0 Å². The number of carbonyl (C=O) groups excluding carboxylic acids is 1. The van der Waals surface area contributed by atoms with Crippen molar-refractivity contribution in [2.45, 2.75) is 18.7 Å². The third-order valence-corrected chi connectivity index (χ3v) is 7.45. The number of nitrogens with zero attached hydrogens (tertiary/aromatic N) is 3. The summed E-state index contributed by atoms with van der Waals surface area (Å²) in [5, 5.41) is 12.7. The molecule has 4 rings (SSSR count). The van der Waals surface area contributed by atoms with E-state index in [0.717, 1.165) is 11.3 Å². The van der Waals surface area contributed by atoms with Gasteiger partial charge < -0.3 is 5.32 Å². The molecule has 2 aromatic heterocycles. The second-order valence-corrected chi connectivity index (χ2v) is 10.00. The molecule has 0 saturated carbocycles. The Morgan fingerprint density at radius 2 is 1.65 bits per heavy atom. The Bertz CT molecular complexity index is 1430. The highest BCUT2D eigenvalue weighted by Gasteiger charge is 2.18. The Hall–Kier alpha value is -3.89. The van der Waals surface area contributed by atoms with Gasteiger partial charge >= 0.3 is 0 Å².